The molecule has 0 unspecified atom stereocenters. The maximum Gasteiger partial charge on any atom is 0.263 e. The number of hydrogen-bond acceptors (Lipinski definition) is 2. The minimum atomic E-state index is -0.200. The molecule has 0 saturated heterocycles. The lowest BCUT2D eigenvalue weighted by atomic mass is 10.2. The van der Waals surface area contributed by atoms with Crippen LogP contribution in [0.5, 0.6) is 0 Å². The summed E-state index contributed by atoms with van der Waals surface area (Å²) in [7, 11) is 0. The normalized spacial score (nSPS) is 10.5. The standard InChI is InChI=1S/C11H5ClI2N2O/c1-2-3-16-10(17)7-4-6(13)5-8(14)9(7)15-11(16)12/h1,4-5H,3H2. The molecule has 0 aliphatic heterocycles. The second-order valence-electron chi connectivity index (χ2n) is 3.26. The van der Waals surface area contributed by atoms with E-state index in [4.69, 9.17) is 18.0 Å². The molecule has 0 aliphatic carbocycles. The van der Waals surface area contributed by atoms with Crippen LogP contribution in [0, 0.1) is 19.5 Å². The molecule has 0 bridgehead atoms. The molecule has 0 amide bonds. The van der Waals surface area contributed by atoms with E-state index in [1.54, 1.807) is 6.07 Å². The number of terminal acetylenes is 1. The molecular weight excluding hydrogens is 465 g/mol. The molecule has 0 N–H and O–H groups in total. The van der Waals surface area contributed by atoms with Crippen LogP contribution in [0.15, 0.2) is 16.9 Å². The Kier molecular flexibility index (Phi) is 3.95. The lowest BCUT2D eigenvalue weighted by Gasteiger charge is -2.07. The summed E-state index contributed by atoms with van der Waals surface area (Å²) in [5.41, 5.74) is 0.420. The van der Waals surface area contributed by atoms with Gasteiger partial charge in [-0.15, -0.1) is 6.42 Å². The fourth-order valence-electron chi connectivity index (χ4n) is 1.45. The monoisotopic (exact) mass is 470 g/mol. The van der Waals surface area contributed by atoms with Gasteiger partial charge in [-0.05, 0) is 68.9 Å². The average Bonchev–Trinajstić information content (AvgIpc) is 2.26. The van der Waals surface area contributed by atoms with E-state index in [2.05, 4.69) is 56.1 Å². The van der Waals surface area contributed by atoms with E-state index >= 15 is 0 Å². The molecule has 2 aromatic rings. The van der Waals surface area contributed by atoms with E-state index in [1.807, 2.05) is 6.07 Å². The second-order valence-corrected chi connectivity index (χ2v) is 6.01. The number of halogens is 3. The van der Waals surface area contributed by atoms with Gasteiger partial charge in [0.2, 0.25) is 5.28 Å². The first-order valence-corrected chi connectivity index (χ1v) is 7.06. The highest BCUT2D eigenvalue weighted by Crippen LogP contribution is 2.21. The van der Waals surface area contributed by atoms with Gasteiger partial charge in [-0.2, -0.15) is 0 Å². The number of hydrogen-bond donors (Lipinski definition) is 0. The van der Waals surface area contributed by atoms with Crippen molar-refractivity contribution >= 4 is 67.7 Å². The van der Waals surface area contributed by atoms with Gasteiger partial charge in [-0.1, -0.05) is 5.92 Å². The zero-order valence-electron chi connectivity index (χ0n) is 8.38. The average molecular weight is 470 g/mol. The Morgan fingerprint density at radius 1 is 1.47 bits per heavy atom. The highest BCUT2D eigenvalue weighted by molar-refractivity contribution is 14.1. The van der Waals surface area contributed by atoms with Crippen molar-refractivity contribution in [3.63, 3.8) is 0 Å². The van der Waals surface area contributed by atoms with Crippen molar-refractivity contribution < 1.29 is 0 Å². The summed E-state index contributed by atoms with van der Waals surface area (Å²) in [6.45, 7) is 0.128. The van der Waals surface area contributed by atoms with Crippen LogP contribution in [0.4, 0.5) is 0 Å². The first-order valence-electron chi connectivity index (χ1n) is 4.53. The number of benzene rings is 1. The number of rotatable bonds is 1. The van der Waals surface area contributed by atoms with E-state index in [9.17, 15) is 4.79 Å². The van der Waals surface area contributed by atoms with Crippen LogP contribution in [0.1, 0.15) is 0 Å². The van der Waals surface area contributed by atoms with Crippen LogP contribution in [0.3, 0.4) is 0 Å². The Balaban J connectivity index is 2.93. The van der Waals surface area contributed by atoms with Gasteiger partial charge in [0.15, 0.2) is 0 Å². The molecule has 0 fully saturated rings. The van der Waals surface area contributed by atoms with Crippen LogP contribution < -0.4 is 5.56 Å². The van der Waals surface area contributed by atoms with Crippen molar-refractivity contribution in [3.05, 3.63) is 34.9 Å². The summed E-state index contributed by atoms with van der Waals surface area (Å²) in [5, 5.41) is 0.667. The van der Waals surface area contributed by atoms with E-state index in [1.165, 1.54) is 4.57 Å². The third-order valence-corrected chi connectivity index (χ3v) is 3.91. The van der Waals surface area contributed by atoms with E-state index in [-0.39, 0.29) is 17.4 Å². The topological polar surface area (TPSA) is 34.9 Å². The van der Waals surface area contributed by atoms with Gasteiger partial charge in [-0.3, -0.25) is 9.36 Å². The number of fused-ring (bicyclic) bond motifs is 1. The highest BCUT2D eigenvalue weighted by Gasteiger charge is 2.11. The lowest BCUT2D eigenvalue weighted by Crippen LogP contribution is -2.22. The number of nitrogens with zero attached hydrogens (tertiary/aromatic N) is 2. The van der Waals surface area contributed by atoms with Crippen molar-refractivity contribution in [1.82, 2.24) is 9.55 Å². The smallest absolute Gasteiger partial charge is 0.263 e. The van der Waals surface area contributed by atoms with Crippen molar-refractivity contribution in [1.29, 1.82) is 0 Å². The molecule has 0 aliphatic rings. The Morgan fingerprint density at radius 2 is 2.18 bits per heavy atom. The van der Waals surface area contributed by atoms with Gasteiger partial charge >= 0.3 is 0 Å². The molecule has 1 aromatic heterocycles. The summed E-state index contributed by atoms with van der Waals surface area (Å²) in [5.74, 6) is 2.39. The number of aromatic nitrogens is 2. The summed E-state index contributed by atoms with van der Waals surface area (Å²) in [6.07, 6.45) is 5.20. The van der Waals surface area contributed by atoms with Gasteiger partial charge in [0, 0.05) is 7.14 Å². The molecule has 2 rings (SSSR count). The third-order valence-electron chi connectivity index (χ3n) is 2.18. The summed E-state index contributed by atoms with van der Waals surface area (Å²) in [6, 6.07) is 3.73. The summed E-state index contributed by atoms with van der Waals surface area (Å²) in [4.78, 5) is 16.4. The van der Waals surface area contributed by atoms with Gasteiger partial charge in [0.25, 0.3) is 5.56 Å². The van der Waals surface area contributed by atoms with E-state index < -0.39 is 0 Å². The molecule has 3 nitrogen and oxygen atoms in total. The Hall–Kier alpha value is -0.330. The van der Waals surface area contributed by atoms with Gasteiger partial charge in [-0.25, -0.2) is 4.98 Å². The molecule has 17 heavy (non-hydrogen) atoms. The molecule has 0 atom stereocenters. The minimum Gasteiger partial charge on any atom is -0.271 e. The molecule has 0 spiro atoms. The highest BCUT2D eigenvalue weighted by atomic mass is 127. The van der Waals surface area contributed by atoms with Gasteiger partial charge < -0.3 is 0 Å². The lowest BCUT2D eigenvalue weighted by molar-refractivity contribution is 0.784. The molecule has 0 radical (unpaired) electrons. The fourth-order valence-corrected chi connectivity index (χ4v) is 3.64. The van der Waals surface area contributed by atoms with Crippen LogP contribution in [-0.4, -0.2) is 9.55 Å². The van der Waals surface area contributed by atoms with Crippen LogP contribution in [0.2, 0.25) is 5.28 Å². The summed E-state index contributed by atoms with van der Waals surface area (Å²) >= 11 is 10.2. The minimum absolute atomic E-state index is 0.125. The predicted molar refractivity (Wildman–Crippen MR) is 85.3 cm³/mol. The SMILES string of the molecule is C#CCn1c(Cl)nc2c(I)cc(I)cc2c1=O. The Morgan fingerprint density at radius 3 is 2.82 bits per heavy atom. The molecule has 1 heterocycles. The Bertz CT molecular complexity index is 703. The maximum absolute atomic E-state index is 12.2. The molecule has 0 saturated carbocycles. The molecular formula is C11H5ClI2N2O. The van der Waals surface area contributed by atoms with Crippen LogP contribution in [0.25, 0.3) is 10.9 Å². The van der Waals surface area contributed by atoms with Crippen molar-refractivity contribution in [2.24, 2.45) is 0 Å². The third kappa shape index (κ3) is 2.44. The molecule has 86 valence electrons. The van der Waals surface area contributed by atoms with E-state index in [0.29, 0.717) is 10.9 Å². The first-order chi connectivity index (χ1) is 8.04. The zero-order valence-corrected chi connectivity index (χ0v) is 13.4. The van der Waals surface area contributed by atoms with Crippen molar-refractivity contribution in [3.8, 4) is 12.3 Å². The van der Waals surface area contributed by atoms with E-state index in [0.717, 1.165) is 7.14 Å². The zero-order chi connectivity index (χ0) is 12.6. The quantitative estimate of drug-likeness (QED) is 0.365. The Labute approximate surface area is 130 Å². The second kappa shape index (κ2) is 5.12. The predicted octanol–water partition coefficient (Wildman–Crippen LogP) is 2.89. The molecule has 1 aromatic carbocycles. The van der Waals surface area contributed by atoms with Gasteiger partial charge in [0.1, 0.15) is 0 Å². The first kappa shape index (κ1) is 13.1. The van der Waals surface area contributed by atoms with Crippen molar-refractivity contribution in [2.45, 2.75) is 6.54 Å². The maximum atomic E-state index is 12.2. The largest absolute Gasteiger partial charge is 0.271 e. The van der Waals surface area contributed by atoms with Crippen LogP contribution in [-0.2, 0) is 6.54 Å². The van der Waals surface area contributed by atoms with Gasteiger partial charge in [0.05, 0.1) is 17.4 Å². The molecule has 6 heteroatoms. The van der Waals surface area contributed by atoms with Crippen molar-refractivity contribution in [2.75, 3.05) is 0 Å². The fraction of sp³-hybridized carbons (Fsp3) is 0.0909. The van der Waals surface area contributed by atoms with Crippen LogP contribution >= 0.6 is 56.8 Å². The summed E-state index contributed by atoms with van der Waals surface area (Å²) < 4.78 is 3.17.